The van der Waals surface area contributed by atoms with Crippen LogP contribution in [0.3, 0.4) is 0 Å². The molecule has 1 saturated heterocycles. The zero-order valence-corrected chi connectivity index (χ0v) is 15.6. The number of carbonyl (C=O) groups excluding carboxylic acids is 1. The highest BCUT2D eigenvalue weighted by atomic mass is 35.5. The molecule has 6 nitrogen and oxygen atoms in total. The summed E-state index contributed by atoms with van der Waals surface area (Å²) in [5.74, 6) is 0.0266. The van der Waals surface area contributed by atoms with E-state index in [1.807, 2.05) is 53.7 Å². The number of rotatable bonds is 4. The van der Waals surface area contributed by atoms with Crippen LogP contribution in [0.5, 0.6) is 0 Å². The van der Waals surface area contributed by atoms with Crippen LogP contribution in [0.1, 0.15) is 15.9 Å². The molecular weight excluding hydrogens is 362 g/mol. The van der Waals surface area contributed by atoms with E-state index < -0.39 is 0 Å². The maximum Gasteiger partial charge on any atom is 0.257 e. The highest BCUT2D eigenvalue weighted by Gasteiger charge is 2.23. The van der Waals surface area contributed by atoms with Crippen molar-refractivity contribution < 1.29 is 4.79 Å². The molecule has 1 fully saturated rings. The molecule has 0 N–H and O–H groups in total. The molecule has 0 aliphatic carbocycles. The fraction of sp³-hybridized carbons (Fsp3) is 0.250. The minimum Gasteiger partial charge on any atom is -0.336 e. The number of carbonyl (C=O) groups is 1. The molecule has 1 aliphatic rings. The first kappa shape index (κ1) is 17.7. The fourth-order valence-electron chi connectivity index (χ4n) is 3.21. The van der Waals surface area contributed by atoms with Crippen molar-refractivity contribution in [2.45, 2.75) is 6.54 Å². The highest BCUT2D eigenvalue weighted by molar-refractivity contribution is 6.30. The van der Waals surface area contributed by atoms with Crippen molar-refractivity contribution in [2.75, 3.05) is 26.2 Å². The summed E-state index contributed by atoms with van der Waals surface area (Å²) in [6.45, 7) is 4.05. The van der Waals surface area contributed by atoms with E-state index in [0.29, 0.717) is 10.6 Å². The SMILES string of the molecule is O=C(c1cnn(-c2ccc(Cl)cc2)c1)N1CCN(Cc2ccncc2)CC1. The average molecular weight is 382 g/mol. The average Bonchev–Trinajstić information content (AvgIpc) is 3.20. The van der Waals surface area contributed by atoms with Gasteiger partial charge in [-0.2, -0.15) is 5.10 Å². The summed E-state index contributed by atoms with van der Waals surface area (Å²) in [7, 11) is 0. The highest BCUT2D eigenvalue weighted by Crippen LogP contribution is 2.15. The van der Waals surface area contributed by atoms with Crippen LogP contribution in [0.25, 0.3) is 5.69 Å². The topological polar surface area (TPSA) is 54.3 Å². The number of benzene rings is 1. The third-order valence-corrected chi connectivity index (χ3v) is 4.99. The van der Waals surface area contributed by atoms with Gasteiger partial charge in [0.25, 0.3) is 5.91 Å². The summed E-state index contributed by atoms with van der Waals surface area (Å²) < 4.78 is 1.70. The van der Waals surface area contributed by atoms with Crippen molar-refractivity contribution in [1.82, 2.24) is 24.6 Å². The van der Waals surface area contributed by atoms with Gasteiger partial charge in [0.15, 0.2) is 0 Å². The maximum absolute atomic E-state index is 12.8. The second-order valence-electron chi connectivity index (χ2n) is 6.57. The van der Waals surface area contributed by atoms with Gasteiger partial charge in [-0.3, -0.25) is 14.7 Å². The van der Waals surface area contributed by atoms with E-state index in [1.54, 1.807) is 17.1 Å². The van der Waals surface area contributed by atoms with Crippen molar-refractivity contribution in [1.29, 1.82) is 0 Å². The van der Waals surface area contributed by atoms with Crippen molar-refractivity contribution in [2.24, 2.45) is 0 Å². The molecule has 138 valence electrons. The summed E-state index contributed by atoms with van der Waals surface area (Å²) in [4.78, 5) is 21.1. The van der Waals surface area contributed by atoms with Gasteiger partial charge in [0.05, 0.1) is 17.4 Å². The Morgan fingerprint density at radius 2 is 1.70 bits per heavy atom. The first-order valence-corrected chi connectivity index (χ1v) is 9.28. The standard InChI is InChI=1S/C20H20ClN5O/c21-18-1-3-19(4-2-18)26-15-17(13-23-26)20(27)25-11-9-24(10-12-25)14-16-5-7-22-8-6-16/h1-8,13,15H,9-12,14H2. The maximum atomic E-state index is 12.8. The van der Waals surface area contributed by atoms with E-state index in [1.165, 1.54) is 5.56 Å². The Kier molecular flexibility index (Phi) is 5.18. The largest absolute Gasteiger partial charge is 0.336 e. The Balaban J connectivity index is 1.36. The number of nitrogens with zero attached hydrogens (tertiary/aromatic N) is 5. The zero-order valence-electron chi connectivity index (χ0n) is 14.8. The number of piperazine rings is 1. The van der Waals surface area contributed by atoms with Crippen molar-refractivity contribution >= 4 is 17.5 Å². The normalized spacial score (nSPS) is 15.1. The van der Waals surface area contributed by atoms with Crippen LogP contribution in [0.4, 0.5) is 0 Å². The van der Waals surface area contributed by atoms with Gasteiger partial charge in [0, 0.05) is 56.3 Å². The quantitative estimate of drug-likeness (QED) is 0.697. The lowest BCUT2D eigenvalue weighted by Gasteiger charge is -2.34. The van der Waals surface area contributed by atoms with Gasteiger partial charge in [0.1, 0.15) is 0 Å². The molecule has 0 spiro atoms. The van der Waals surface area contributed by atoms with Gasteiger partial charge in [-0.1, -0.05) is 11.6 Å². The Labute approximate surface area is 163 Å². The molecule has 4 rings (SSSR count). The molecule has 3 aromatic rings. The first-order chi connectivity index (χ1) is 13.2. The monoisotopic (exact) mass is 381 g/mol. The van der Waals surface area contributed by atoms with Gasteiger partial charge in [-0.05, 0) is 42.0 Å². The van der Waals surface area contributed by atoms with Gasteiger partial charge in [-0.15, -0.1) is 0 Å². The van der Waals surface area contributed by atoms with Crippen molar-refractivity contribution in [3.8, 4) is 5.69 Å². The van der Waals surface area contributed by atoms with E-state index in [0.717, 1.165) is 38.4 Å². The number of hydrogen-bond acceptors (Lipinski definition) is 4. The van der Waals surface area contributed by atoms with Gasteiger partial charge in [0.2, 0.25) is 0 Å². The van der Waals surface area contributed by atoms with E-state index >= 15 is 0 Å². The van der Waals surface area contributed by atoms with E-state index in [2.05, 4.69) is 15.0 Å². The fourth-order valence-corrected chi connectivity index (χ4v) is 3.33. The first-order valence-electron chi connectivity index (χ1n) is 8.90. The number of hydrogen-bond donors (Lipinski definition) is 0. The van der Waals surface area contributed by atoms with Crippen LogP contribution in [0.2, 0.25) is 5.02 Å². The summed E-state index contributed by atoms with van der Waals surface area (Å²) in [6.07, 6.45) is 7.02. The smallest absolute Gasteiger partial charge is 0.257 e. The Bertz CT molecular complexity index is 902. The minimum atomic E-state index is 0.0266. The molecule has 3 heterocycles. The van der Waals surface area contributed by atoms with Crippen LogP contribution in [0, 0.1) is 0 Å². The molecule has 1 amide bonds. The lowest BCUT2D eigenvalue weighted by molar-refractivity contribution is 0.0628. The van der Waals surface area contributed by atoms with Crippen molar-refractivity contribution in [3.63, 3.8) is 0 Å². The predicted octanol–water partition coefficient (Wildman–Crippen LogP) is 2.88. The van der Waals surface area contributed by atoms with Gasteiger partial charge >= 0.3 is 0 Å². The molecule has 0 atom stereocenters. The number of aromatic nitrogens is 3. The van der Waals surface area contributed by atoms with Crippen LogP contribution in [0.15, 0.2) is 61.2 Å². The van der Waals surface area contributed by atoms with Crippen LogP contribution in [-0.4, -0.2) is 56.7 Å². The second-order valence-corrected chi connectivity index (χ2v) is 7.01. The lowest BCUT2D eigenvalue weighted by Crippen LogP contribution is -2.48. The molecule has 1 aromatic carbocycles. The van der Waals surface area contributed by atoms with Gasteiger partial charge in [-0.25, -0.2) is 4.68 Å². The Hall–Kier alpha value is -2.70. The molecular formula is C20H20ClN5O. The molecule has 0 saturated carbocycles. The number of pyridine rings is 1. The third kappa shape index (κ3) is 4.18. The molecule has 1 aliphatic heterocycles. The summed E-state index contributed by atoms with van der Waals surface area (Å²) >= 11 is 5.92. The Morgan fingerprint density at radius 1 is 1.00 bits per heavy atom. The molecule has 7 heteroatoms. The summed E-state index contributed by atoms with van der Waals surface area (Å²) in [5, 5.41) is 4.99. The second kappa shape index (κ2) is 7.90. The molecule has 0 unspecified atom stereocenters. The third-order valence-electron chi connectivity index (χ3n) is 4.74. The molecule has 2 aromatic heterocycles. The molecule has 0 bridgehead atoms. The van der Waals surface area contributed by atoms with Crippen molar-refractivity contribution in [3.05, 3.63) is 77.3 Å². The van der Waals surface area contributed by atoms with E-state index in [4.69, 9.17) is 11.6 Å². The van der Waals surface area contributed by atoms with Crippen LogP contribution in [-0.2, 0) is 6.54 Å². The summed E-state index contributed by atoms with van der Waals surface area (Å²) in [6, 6.07) is 11.4. The molecule has 0 radical (unpaired) electrons. The molecule has 27 heavy (non-hydrogen) atoms. The lowest BCUT2D eigenvalue weighted by atomic mass is 10.2. The minimum absolute atomic E-state index is 0.0266. The number of halogens is 1. The zero-order chi connectivity index (χ0) is 18.6. The van der Waals surface area contributed by atoms with Crippen LogP contribution < -0.4 is 0 Å². The number of amides is 1. The van der Waals surface area contributed by atoms with E-state index in [-0.39, 0.29) is 5.91 Å². The van der Waals surface area contributed by atoms with E-state index in [9.17, 15) is 4.79 Å². The Morgan fingerprint density at radius 3 is 2.41 bits per heavy atom. The van der Waals surface area contributed by atoms with Crippen LogP contribution >= 0.6 is 11.6 Å². The van der Waals surface area contributed by atoms with Gasteiger partial charge < -0.3 is 4.90 Å². The summed E-state index contributed by atoms with van der Waals surface area (Å²) in [5.41, 5.74) is 2.72. The predicted molar refractivity (Wildman–Crippen MR) is 104 cm³/mol.